The highest BCUT2D eigenvalue weighted by atomic mass is 32.1. The van der Waals surface area contributed by atoms with Gasteiger partial charge in [-0.25, -0.2) is 9.97 Å². The maximum absolute atomic E-state index is 10.4. The molecule has 0 saturated carbocycles. The molecular weight excluding hydrogens is 306 g/mol. The molecular formula is C18H21N3OS. The minimum absolute atomic E-state index is 0.105. The third-order valence-corrected chi connectivity index (χ3v) is 4.64. The van der Waals surface area contributed by atoms with E-state index >= 15 is 0 Å². The number of hydrogen-bond donors (Lipinski definition) is 2. The molecule has 3 rings (SSSR count). The SMILES string of the molecule is CCc1nc(NC(C)CC(O)c2ccccc2)c2ccsc2n1. The van der Waals surface area contributed by atoms with Crippen molar-refractivity contribution in [3.63, 3.8) is 0 Å². The van der Waals surface area contributed by atoms with Gasteiger partial charge in [0.05, 0.1) is 11.5 Å². The number of benzene rings is 1. The molecule has 0 radical (unpaired) electrons. The van der Waals surface area contributed by atoms with E-state index in [9.17, 15) is 5.11 Å². The maximum Gasteiger partial charge on any atom is 0.138 e. The lowest BCUT2D eigenvalue weighted by atomic mass is 10.0. The molecule has 0 amide bonds. The Morgan fingerprint density at radius 3 is 2.70 bits per heavy atom. The van der Waals surface area contributed by atoms with Crippen molar-refractivity contribution in [2.24, 2.45) is 0 Å². The quantitative estimate of drug-likeness (QED) is 0.713. The fourth-order valence-electron chi connectivity index (χ4n) is 2.61. The Morgan fingerprint density at radius 1 is 1.17 bits per heavy atom. The van der Waals surface area contributed by atoms with Crippen LogP contribution in [-0.2, 0) is 6.42 Å². The first kappa shape index (κ1) is 15.9. The fraction of sp³-hybridized carbons (Fsp3) is 0.333. The van der Waals surface area contributed by atoms with E-state index in [4.69, 9.17) is 0 Å². The molecule has 0 saturated heterocycles. The number of aliphatic hydroxyl groups excluding tert-OH is 1. The highest BCUT2D eigenvalue weighted by Crippen LogP contribution is 2.27. The van der Waals surface area contributed by atoms with Gasteiger partial charge < -0.3 is 10.4 Å². The van der Waals surface area contributed by atoms with Gasteiger partial charge in [0.25, 0.3) is 0 Å². The standard InChI is InChI=1S/C18H21N3OS/c1-3-16-20-17(14-9-10-23-18(14)21-16)19-12(2)11-15(22)13-7-5-4-6-8-13/h4-10,12,15,22H,3,11H2,1-2H3,(H,19,20,21). The van der Waals surface area contributed by atoms with Gasteiger partial charge in [0.15, 0.2) is 0 Å². The number of nitrogens with zero attached hydrogens (tertiary/aromatic N) is 2. The lowest BCUT2D eigenvalue weighted by Gasteiger charge is -2.19. The van der Waals surface area contributed by atoms with Gasteiger partial charge in [-0.05, 0) is 30.4 Å². The maximum atomic E-state index is 10.4. The molecule has 0 bridgehead atoms. The highest BCUT2D eigenvalue weighted by Gasteiger charge is 2.15. The number of nitrogens with one attached hydrogen (secondary N) is 1. The van der Waals surface area contributed by atoms with Crippen molar-refractivity contribution in [3.8, 4) is 0 Å². The number of hydrogen-bond acceptors (Lipinski definition) is 5. The number of aryl methyl sites for hydroxylation is 1. The Kier molecular flexibility index (Phi) is 4.88. The predicted octanol–water partition coefficient (Wildman–Crippen LogP) is 4.18. The predicted molar refractivity (Wildman–Crippen MR) is 95.9 cm³/mol. The molecule has 0 aliphatic heterocycles. The number of aromatic nitrogens is 2. The van der Waals surface area contributed by atoms with Crippen LogP contribution in [-0.4, -0.2) is 21.1 Å². The van der Waals surface area contributed by atoms with Gasteiger partial charge in [-0.3, -0.25) is 0 Å². The zero-order chi connectivity index (χ0) is 16.2. The Hall–Kier alpha value is -1.98. The Labute approximate surface area is 140 Å². The van der Waals surface area contributed by atoms with Crippen molar-refractivity contribution in [2.75, 3.05) is 5.32 Å². The lowest BCUT2D eigenvalue weighted by Crippen LogP contribution is -2.20. The largest absolute Gasteiger partial charge is 0.388 e. The molecule has 2 atom stereocenters. The monoisotopic (exact) mass is 327 g/mol. The molecule has 120 valence electrons. The Balaban J connectivity index is 1.75. The van der Waals surface area contributed by atoms with Crippen molar-refractivity contribution in [3.05, 3.63) is 53.2 Å². The smallest absolute Gasteiger partial charge is 0.138 e. The molecule has 0 aliphatic rings. The summed E-state index contributed by atoms with van der Waals surface area (Å²) >= 11 is 1.63. The van der Waals surface area contributed by atoms with Gasteiger partial charge in [-0.15, -0.1) is 11.3 Å². The molecule has 1 aromatic carbocycles. The lowest BCUT2D eigenvalue weighted by molar-refractivity contribution is 0.162. The molecule has 5 heteroatoms. The van der Waals surface area contributed by atoms with Crippen LogP contribution in [0.3, 0.4) is 0 Å². The average Bonchev–Trinajstić information content (AvgIpc) is 3.04. The van der Waals surface area contributed by atoms with Gasteiger partial charge in [-0.2, -0.15) is 0 Å². The number of rotatable bonds is 6. The first-order chi connectivity index (χ1) is 11.2. The van der Waals surface area contributed by atoms with Crippen molar-refractivity contribution in [1.82, 2.24) is 9.97 Å². The summed E-state index contributed by atoms with van der Waals surface area (Å²) in [5, 5.41) is 16.9. The van der Waals surface area contributed by atoms with E-state index in [0.717, 1.165) is 33.8 Å². The first-order valence-electron chi connectivity index (χ1n) is 7.91. The number of fused-ring (bicyclic) bond motifs is 1. The van der Waals surface area contributed by atoms with E-state index in [2.05, 4.69) is 29.1 Å². The molecule has 2 unspecified atom stereocenters. The van der Waals surface area contributed by atoms with Gasteiger partial charge in [0, 0.05) is 12.5 Å². The second kappa shape index (κ2) is 7.06. The van der Waals surface area contributed by atoms with Crippen molar-refractivity contribution >= 4 is 27.4 Å². The van der Waals surface area contributed by atoms with Gasteiger partial charge in [0.1, 0.15) is 16.5 Å². The number of anilines is 1. The van der Waals surface area contributed by atoms with Crippen LogP contribution in [0.1, 0.15) is 37.8 Å². The summed E-state index contributed by atoms with van der Waals surface area (Å²) < 4.78 is 0. The molecule has 0 fully saturated rings. The molecule has 2 N–H and O–H groups in total. The van der Waals surface area contributed by atoms with E-state index in [0.29, 0.717) is 6.42 Å². The summed E-state index contributed by atoms with van der Waals surface area (Å²) in [5.41, 5.74) is 0.943. The summed E-state index contributed by atoms with van der Waals surface area (Å²) in [6, 6.07) is 11.9. The molecule has 3 aromatic rings. The summed E-state index contributed by atoms with van der Waals surface area (Å²) in [6.07, 6.45) is 0.953. The molecule has 23 heavy (non-hydrogen) atoms. The molecule has 4 nitrogen and oxygen atoms in total. The summed E-state index contributed by atoms with van der Waals surface area (Å²) in [4.78, 5) is 10.2. The van der Waals surface area contributed by atoms with Crippen LogP contribution >= 0.6 is 11.3 Å². The van der Waals surface area contributed by atoms with Gasteiger partial charge in [-0.1, -0.05) is 37.3 Å². The molecule has 2 aromatic heterocycles. The summed E-state index contributed by atoms with van der Waals surface area (Å²) in [5.74, 6) is 1.71. The van der Waals surface area contributed by atoms with Crippen LogP contribution in [0.5, 0.6) is 0 Å². The Bertz CT molecular complexity index is 772. The van der Waals surface area contributed by atoms with Crippen LogP contribution < -0.4 is 5.32 Å². The number of thiophene rings is 1. The molecule has 0 spiro atoms. The van der Waals surface area contributed by atoms with E-state index < -0.39 is 6.10 Å². The van der Waals surface area contributed by atoms with E-state index in [-0.39, 0.29) is 6.04 Å². The molecule has 2 heterocycles. The van der Waals surface area contributed by atoms with E-state index in [1.165, 1.54) is 0 Å². The van der Waals surface area contributed by atoms with Crippen LogP contribution in [0.4, 0.5) is 5.82 Å². The normalized spacial score (nSPS) is 13.9. The van der Waals surface area contributed by atoms with Crippen LogP contribution in [0.25, 0.3) is 10.2 Å². The molecule has 0 aliphatic carbocycles. The van der Waals surface area contributed by atoms with Crippen molar-refractivity contribution in [2.45, 2.75) is 38.8 Å². The van der Waals surface area contributed by atoms with Crippen LogP contribution in [0.15, 0.2) is 41.8 Å². The minimum atomic E-state index is -0.482. The van der Waals surface area contributed by atoms with Crippen molar-refractivity contribution in [1.29, 1.82) is 0 Å². The Morgan fingerprint density at radius 2 is 1.96 bits per heavy atom. The third kappa shape index (κ3) is 3.68. The minimum Gasteiger partial charge on any atom is -0.388 e. The topological polar surface area (TPSA) is 58.0 Å². The number of aliphatic hydroxyl groups is 1. The van der Waals surface area contributed by atoms with Gasteiger partial charge >= 0.3 is 0 Å². The average molecular weight is 327 g/mol. The van der Waals surface area contributed by atoms with E-state index in [1.807, 2.05) is 41.8 Å². The third-order valence-electron chi connectivity index (χ3n) is 3.83. The highest BCUT2D eigenvalue weighted by molar-refractivity contribution is 7.16. The van der Waals surface area contributed by atoms with Crippen molar-refractivity contribution < 1.29 is 5.11 Å². The second-order valence-corrected chi connectivity index (χ2v) is 6.58. The van der Waals surface area contributed by atoms with Crippen LogP contribution in [0.2, 0.25) is 0 Å². The van der Waals surface area contributed by atoms with Crippen LogP contribution in [0, 0.1) is 0 Å². The summed E-state index contributed by atoms with van der Waals surface area (Å²) in [7, 11) is 0. The summed E-state index contributed by atoms with van der Waals surface area (Å²) in [6.45, 7) is 4.12. The van der Waals surface area contributed by atoms with Gasteiger partial charge in [0.2, 0.25) is 0 Å². The van der Waals surface area contributed by atoms with E-state index in [1.54, 1.807) is 11.3 Å². The first-order valence-corrected chi connectivity index (χ1v) is 8.79. The zero-order valence-corrected chi connectivity index (χ0v) is 14.2. The fourth-order valence-corrected chi connectivity index (χ4v) is 3.39. The second-order valence-electron chi connectivity index (χ2n) is 5.69. The zero-order valence-electron chi connectivity index (χ0n) is 13.4.